The third kappa shape index (κ3) is 19.8. The van der Waals surface area contributed by atoms with Crippen molar-refractivity contribution in [3.8, 4) is 0 Å². The van der Waals surface area contributed by atoms with Gasteiger partial charge < -0.3 is 48.1 Å². The van der Waals surface area contributed by atoms with Crippen LogP contribution in [0.1, 0.15) is 86.5 Å². The number of ether oxygens (including phenoxy) is 8. The van der Waals surface area contributed by atoms with Gasteiger partial charge in [0.05, 0.1) is 39.6 Å². The Morgan fingerprint density at radius 2 is 0.911 bits per heavy atom. The van der Waals surface area contributed by atoms with Crippen LogP contribution in [0.15, 0.2) is 0 Å². The van der Waals surface area contributed by atoms with E-state index in [2.05, 4.69) is 18.9 Å². The molecule has 0 aromatic heterocycles. The first-order chi connectivity index (χ1) is 19.7. The van der Waals surface area contributed by atoms with Crippen LogP contribution in [0.2, 0.25) is 0 Å². The van der Waals surface area contributed by atoms with Crippen molar-refractivity contribution in [2.24, 2.45) is 0 Å². The third-order valence-corrected chi connectivity index (χ3v) is 6.70. The molecular weight excluding hydrogens is 750 g/mol. The van der Waals surface area contributed by atoms with Gasteiger partial charge in [-0.15, -0.1) is 0 Å². The van der Waals surface area contributed by atoms with E-state index in [4.69, 9.17) is 18.9 Å². The van der Waals surface area contributed by atoms with Crippen LogP contribution in [-0.4, -0.2) is 111 Å². The van der Waals surface area contributed by atoms with E-state index in [1.165, 1.54) is 14.2 Å². The van der Waals surface area contributed by atoms with Crippen LogP contribution in [-0.2, 0) is 113 Å². The van der Waals surface area contributed by atoms with Gasteiger partial charge in [-0.1, -0.05) is 20.3 Å². The Bertz CT molecular complexity index is 787. The maximum Gasteiger partial charge on any atom is 0.508 e. The van der Waals surface area contributed by atoms with Crippen LogP contribution >= 0.6 is 0 Å². The number of carbonyl (C=O) groups excluding carboxylic acids is 4. The average Bonchev–Trinajstić information content (AvgIpc) is 2.95. The van der Waals surface area contributed by atoms with Crippen molar-refractivity contribution in [3.63, 3.8) is 0 Å². The molecule has 45 heavy (non-hydrogen) atoms. The van der Waals surface area contributed by atoms with Crippen molar-refractivity contribution in [1.29, 1.82) is 0 Å². The molecule has 0 amide bonds. The second kappa shape index (κ2) is 25.5. The van der Waals surface area contributed by atoms with Crippen LogP contribution in [0, 0.1) is 0 Å². The first-order valence-corrected chi connectivity index (χ1v) is 14.2. The number of esters is 2. The van der Waals surface area contributed by atoms with E-state index in [1.54, 1.807) is 27.7 Å². The summed E-state index contributed by atoms with van der Waals surface area (Å²) in [4.78, 5) is 45.6. The van der Waals surface area contributed by atoms with Gasteiger partial charge >= 0.3 is 24.2 Å². The SMILES string of the molecule is C.COC(=O)OCCOC(C)(C)C(=O)OC1CCCCC1O.COC(=O)OCCOC(C)(C)C(=O)OC1CCCCC1O.[Y].[Y]. The Labute approximate surface area is 317 Å². The van der Waals surface area contributed by atoms with Gasteiger partial charge in [0.15, 0.2) is 11.2 Å². The monoisotopic (exact) mass is 802 g/mol. The Morgan fingerprint density at radius 1 is 0.600 bits per heavy atom. The quantitative estimate of drug-likeness (QED) is 0.166. The molecule has 0 aromatic carbocycles. The van der Waals surface area contributed by atoms with Crippen molar-refractivity contribution in [3.05, 3.63) is 0 Å². The van der Waals surface area contributed by atoms with E-state index in [0.717, 1.165) is 25.7 Å². The summed E-state index contributed by atoms with van der Waals surface area (Å²) in [6.07, 6.45) is 2.60. The first-order valence-electron chi connectivity index (χ1n) is 14.2. The summed E-state index contributed by atoms with van der Waals surface area (Å²) in [5.74, 6) is -1.07. The predicted octanol–water partition coefficient (Wildman–Crippen LogP) is 3.45. The van der Waals surface area contributed by atoms with Gasteiger partial charge in [0, 0.05) is 65.4 Å². The molecule has 0 spiro atoms. The Balaban J connectivity index is -0.000000735. The average molecular weight is 803 g/mol. The van der Waals surface area contributed by atoms with Crippen molar-refractivity contribution < 1.29 is 133 Å². The minimum Gasteiger partial charge on any atom is -0.457 e. The molecule has 0 aromatic rings. The minimum atomic E-state index is -1.17. The number of rotatable bonds is 12. The maximum atomic E-state index is 12.1. The molecular formula is C29H52O14Y2. The maximum absolute atomic E-state index is 12.1. The van der Waals surface area contributed by atoms with Crippen LogP contribution in [0.3, 0.4) is 0 Å². The molecule has 14 nitrogen and oxygen atoms in total. The second-order valence-corrected chi connectivity index (χ2v) is 10.9. The summed E-state index contributed by atoms with van der Waals surface area (Å²) < 4.78 is 39.3. The molecule has 2 radical (unpaired) electrons. The van der Waals surface area contributed by atoms with E-state index >= 15 is 0 Å². The van der Waals surface area contributed by atoms with E-state index in [9.17, 15) is 29.4 Å². The fraction of sp³-hybridized carbons (Fsp3) is 0.862. The van der Waals surface area contributed by atoms with Crippen LogP contribution < -0.4 is 0 Å². The largest absolute Gasteiger partial charge is 0.508 e. The van der Waals surface area contributed by atoms with Gasteiger partial charge in [0.25, 0.3) is 0 Å². The molecule has 2 aliphatic carbocycles. The van der Waals surface area contributed by atoms with E-state index in [0.29, 0.717) is 25.7 Å². The van der Waals surface area contributed by atoms with Crippen LogP contribution in [0.5, 0.6) is 0 Å². The molecule has 4 unspecified atom stereocenters. The molecule has 0 saturated heterocycles. The van der Waals surface area contributed by atoms with E-state index < -0.39 is 59.9 Å². The van der Waals surface area contributed by atoms with E-state index in [1.807, 2.05) is 0 Å². The summed E-state index contributed by atoms with van der Waals surface area (Å²) in [6.45, 7) is 6.34. The normalized spacial score (nSPS) is 21.0. The van der Waals surface area contributed by atoms with Crippen molar-refractivity contribution in [1.82, 2.24) is 0 Å². The molecule has 4 atom stereocenters. The number of carbonyl (C=O) groups is 4. The summed E-state index contributed by atoms with van der Waals surface area (Å²) in [6, 6.07) is 0. The topological polar surface area (TPSA) is 183 Å². The third-order valence-electron chi connectivity index (χ3n) is 6.70. The van der Waals surface area contributed by atoms with Gasteiger partial charge in [-0.25, -0.2) is 19.2 Å². The van der Waals surface area contributed by atoms with Crippen molar-refractivity contribution in [2.45, 2.75) is 122 Å². The fourth-order valence-electron chi connectivity index (χ4n) is 4.07. The molecule has 0 heterocycles. The molecule has 16 heteroatoms. The Kier molecular flexibility index (Phi) is 27.8. The summed E-state index contributed by atoms with van der Waals surface area (Å²) in [5.41, 5.74) is -2.34. The second-order valence-electron chi connectivity index (χ2n) is 10.9. The summed E-state index contributed by atoms with van der Waals surface area (Å²) in [5, 5.41) is 19.6. The molecule has 2 fully saturated rings. The zero-order valence-corrected chi connectivity index (χ0v) is 32.4. The number of hydrogen-bond donors (Lipinski definition) is 2. The predicted molar refractivity (Wildman–Crippen MR) is 152 cm³/mol. The van der Waals surface area contributed by atoms with Crippen molar-refractivity contribution in [2.75, 3.05) is 40.6 Å². The zero-order valence-electron chi connectivity index (χ0n) is 26.7. The molecule has 2 N–H and O–H groups in total. The number of methoxy groups -OCH3 is 2. The molecule has 2 saturated carbocycles. The van der Waals surface area contributed by atoms with Gasteiger partial charge in [0.1, 0.15) is 25.4 Å². The fourth-order valence-corrected chi connectivity index (χ4v) is 4.07. The van der Waals surface area contributed by atoms with Gasteiger partial charge in [-0.3, -0.25) is 0 Å². The molecule has 0 bridgehead atoms. The summed E-state index contributed by atoms with van der Waals surface area (Å²) >= 11 is 0. The van der Waals surface area contributed by atoms with Crippen molar-refractivity contribution >= 4 is 24.2 Å². The standard InChI is InChI=1S/2C14H24O7.CH4.2Y/c2*1-14(2,20-9-8-19-13(17)18-3)12(16)21-11-7-5-4-6-10(11)15;;;/h2*10-11,15H,4-9H2,1-3H3;1H4;;. The Hall–Kier alpha value is -0.472. The van der Waals surface area contributed by atoms with Crippen LogP contribution in [0.4, 0.5) is 9.59 Å². The first kappa shape index (κ1) is 48.9. The number of aliphatic hydroxyl groups excluding tert-OH is 2. The van der Waals surface area contributed by atoms with Gasteiger partial charge in [-0.05, 0) is 66.2 Å². The molecule has 0 aliphatic heterocycles. The van der Waals surface area contributed by atoms with E-state index in [-0.39, 0.29) is 99.3 Å². The van der Waals surface area contributed by atoms with Gasteiger partial charge in [0.2, 0.25) is 0 Å². The molecule has 258 valence electrons. The summed E-state index contributed by atoms with van der Waals surface area (Å²) in [7, 11) is 2.42. The molecule has 2 rings (SSSR count). The van der Waals surface area contributed by atoms with Gasteiger partial charge in [-0.2, -0.15) is 0 Å². The van der Waals surface area contributed by atoms with Crippen LogP contribution in [0.25, 0.3) is 0 Å². The number of hydrogen-bond acceptors (Lipinski definition) is 14. The molecule has 2 aliphatic rings. The number of aliphatic hydroxyl groups is 2. The minimum absolute atomic E-state index is 0. The Morgan fingerprint density at radius 3 is 1.20 bits per heavy atom. The smallest absolute Gasteiger partial charge is 0.457 e. The zero-order chi connectivity index (χ0) is 31.8.